The molecule has 0 fully saturated rings. The van der Waals surface area contributed by atoms with Crippen molar-refractivity contribution in [3.05, 3.63) is 35.9 Å². The number of carbonyl (C=O) groups excluding carboxylic acids is 2. The number of benzene rings is 1. The summed E-state index contributed by atoms with van der Waals surface area (Å²) in [5.74, 6) is -0.700. The van der Waals surface area contributed by atoms with Gasteiger partial charge in [-0.05, 0) is 12.1 Å². The average Bonchev–Trinajstić information content (AvgIpc) is 2.50. The molecule has 0 spiro atoms. The third-order valence-corrected chi connectivity index (χ3v) is 2.52. The molecule has 0 aliphatic carbocycles. The lowest BCUT2D eigenvalue weighted by molar-refractivity contribution is -0.149. The Morgan fingerprint density at radius 1 is 1.35 bits per heavy atom. The molecule has 3 atom stereocenters. The van der Waals surface area contributed by atoms with Crippen molar-refractivity contribution >= 4 is 12.4 Å². The van der Waals surface area contributed by atoms with Gasteiger partial charge in [0.15, 0.2) is 12.3 Å². The van der Waals surface area contributed by atoms with Gasteiger partial charge in [0.1, 0.15) is 12.7 Å². The van der Waals surface area contributed by atoms with Gasteiger partial charge in [0, 0.05) is 0 Å². The lowest BCUT2D eigenvalue weighted by Crippen LogP contribution is -2.42. The fourth-order valence-corrected chi connectivity index (χ4v) is 1.50. The average molecular weight is 286 g/mol. The fraction of sp³-hybridized carbons (Fsp3) is 0.385. The van der Waals surface area contributed by atoms with E-state index in [1.807, 2.05) is 0 Å². The van der Waals surface area contributed by atoms with E-state index in [-0.39, 0.29) is 12.0 Å². The topological polar surface area (TPSA) is 93.1 Å². The van der Waals surface area contributed by atoms with Gasteiger partial charge in [0.25, 0.3) is 6.47 Å². The Bertz CT molecular complexity index is 424. The Kier molecular flexibility index (Phi) is 6.61. The van der Waals surface area contributed by atoms with Crippen molar-refractivity contribution in [2.75, 3.05) is 13.2 Å². The van der Waals surface area contributed by atoms with Gasteiger partial charge in [0.2, 0.25) is 0 Å². The van der Waals surface area contributed by atoms with E-state index in [1.54, 1.807) is 18.2 Å². The van der Waals surface area contributed by atoms with Crippen molar-refractivity contribution in [1.82, 2.24) is 0 Å². The molecule has 0 aliphatic heterocycles. The van der Waals surface area contributed by atoms with Crippen LogP contribution in [0.3, 0.4) is 0 Å². The smallest absolute Gasteiger partial charge is 0.338 e. The van der Waals surface area contributed by atoms with Crippen LogP contribution in [-0.2, 0) is 14.3 Å². The zero-order chi connectivity index (χ0) is 15.0. The highest BCUT2D eigenvalue weighted by Crippen LogP contribution is 2.10. The molecule has 1 aromatic carbocycles. The Balaban J connectivity index is 2.54. The van der Waals surface area contributed by atoms with E-state index in [0.29, 0.717) is 0 Å². The number of halogens is 1. The Morgan fingerprint density at radius 3 is 2.55 bits per heavy atom. The summed E-state index contributed by atoms with van der Waals surface area (Å²) >= 11 is 0. The molecule has 110 valence electrons. The number of esters is 1. The van der Waals surface area contributed by atoms with Crippen molar-refractivity contribution in [2.45, 2.75) is 18.4 Å². The SMILES string of the molecule is O=COC(C(F)CO)[C@H](O)COC(=O)c1ccccc1. The second kappa shape index (κ2) is 8.23. The molecule has 1 rings (SSSR count). The number of carbonyl (C=O) groups is 2. The zero-order valence-electron chi connectivity index (χ0n) is 10.5. The van der Waals surface area contributed by atoms with Crippen LogP contribution >= 0.6 is 0 Å². The van der Waals surface area contributed by atoms with Gasteiger partial charge in [-0.2, -0.15) is 0 Å². The predicted molar refractivity (Wildman–Crippen MR) is 65.7 cm³/mol. The van der Waals surface area contributed by atoms with E-state index in [0.717, 1.165) is 0 Å². The molecule has 0 bridgehead atoms. The summed E-state index contributed by atoms with van der Waals surface area (Å²) in [6, 6.07) is 8.01. The molecular weight excluding hydrogens is 271 g/mol. The largest absolute Gasteiger partial charge is 0.459 e. The summed E-state index contributed by atoms with van der Waals surface area (Å²) in [6.07, 6.45) is -5.14. The first-order valence-corrected chi connectivity index (χ1v) is 5.84. The van der Waals surface area contributed by atoms with Crippen LogP contribution in [0.25, 0.3) is 0 Å². The lowest BCUT2D eigenvalue weighted by Gasteiger charge is -2.23. The maximum Gasteiger partial charge on any atom is 0.338 e. The Morgan fingerprint density at radius 2 is 2.00 bits per heavy atom. The minimum Gasteiger partial charge on any atom is -0.459 e. The van der Waals surface area contributed by atoms with E-state index in [2.05, 4.69) is 4.74 Å². The van der Waals surface area contributed by atoms with Gasteiger partial charge in [0.05, 0.1) is 12.2 Å². The molecule has 1 aromatic rings. The van der Waals surface area contributed by atoms with Crippen LogP contribution in [0.5, 0.6) is 0 Å². The highest BCUT2D eigenvalue weighted by Gasteiger charge is 2.30. The fourth-order valence-electron chi connectivity index (χ4n) is 1.50. The first kappa shape index (κ1) is 16.1. The molecule has 0 radical (unpaired) electrons. The maximum atomic E-state index is 13.2. The molecule has 0 aliphatic rings. The first-order chi connectivity index (χ1) is 9.60. The van der Waals surface area contributed by atoms with E-state index in [1.165, 1.54) is 12.1 Å². The van der Waals surface area contributed by atoms with Gasteiger partial charge in [-0.1, -0.05) is 18.2 Å². The van der Waals surface area contributed by atoms with Gasteiger partial charge < -0.3 is 19.7 Å². The van der Waals surface area contributed by atoms with Crippen molar-refractivity contribution in [3.8, 4) is 0 Å². The van der Waals surface area contributed by atoms with Crippen LogP contribution in [0.1, 0.15) is 10.4 Å². The minimum absolute atomic E-state index is 0.0465. The maximum absolute atomic E-state index is 13.2. The number of aliphatic hydroxyl groups is 2. The molecule has 20 heavy (non-hydrogen) atoms. The molecule has 0 aromatic heterocycles. The van der Waals surface area contributed by atoms with E-state index >= 15 is 0 Å². The highest BCUT2D eigenvalue weighted by atomic mass is 19.1. The van der Waals surface area contributed by atoms with Crippen molar-refractivity contribution < 1.29 is 33.7 Å². The van der Waals surface area contributed by atoms with Gasteiger partial charge in [-0.25, -0.2) is 9.18 Å². The van der Waals surface area contributed by atoms with Crippen LogP contribution in [0.15, 0.2) is 30.3 Å². The van der Waals surface area contributed by atoms with Crippen LogP contribution in [0.4, 0.5) is 4.39 Å². The van der Waals surface area contributed by atoms with E-state index in [4.69, 9.17) is 9.84 Å². The summed E-state index contributed by atoms with van der Waals surface area (Å²) in [5, 5.41) is 18.3. The standard InChI is InChI=1S/C13H15FO6/c14-10(6-15)12(20-8-16)11(17)7-19-13(18)9-4-2-1-3-5-9/h1-5,8,10-12,15,17H,6-7H2/t10?,11-,12?/m1/s1. The number of rotatable bonds is 8. The summed E-state index contributed by atoms with van der Waals surface area (Å²) in [5.41, 5.74) is 0.270. The second-order valence-electron chi connectivity index (χ2n) is 3.93. The van der Waals surface area contributed by atoms with Crippen LogP contribution < -0.4 is 0 Å². The molecule has 0 saturated heterocycles. The lowest BCUT2D eigenvalue weighted by atomic mass is 10.1. The first-order valence-electron chi connectivity index (χ1n) is 5.84. The normalized spacial score (nSPS) is 14.9. The monoisotopic (exact) mass is 286 g/mol. The molecule has 6 nitrogen and oxygen atoms in total. The molecule has 0 heterocycles. The molecule has 0 amide bonds. The Labute approximate surface area is 114 Å². The highest BCUT2D eigenvalue weighted by molar-refractivity contribution is 5.89. The Hall–Kier alpha value is -1.99. The summed E-state index contributed by atoms with van der Waals surface area (Å²) in [4.78, 5) is 21.8. The quantitative estimate of drug-likeness (QED) is 0.519. The number of alkyl halides is 1. The van der Waals surface area contributed by atoms with E-state index in [9.17, 15) is 19.1 Å². The molecule has 0 saturated carbocycles. The van der Waals surface area contributed by atoms with Crippen LogP contribution in [0.2, 0.25) is 0 Å². The number of aliphatic hydroxyl groups excluding tert-OH is 2. The molecule has 2 N–H and O–H groups in total. The van der Waals surface area contributed by atoms with Crippen molar-refractivity contribution in [3.63, 3.8) is 0 Å². The van der Waals surface area contributed by atoms with Gasteiger partial charge in [-0.15, -0.1) is 0 Å². The second-order valence-corrected chi connectivity index (χ2v) is 3.93. The van der Waals surface area contributed by atoms with E-state index < -0.39 is 37.6 Å². The third-order valence-electron chi connectivity index (χ3n) is 2.52. The minimum atomic E-state index is -1.97. The summed E-state index contributed by atoms with van der Waals surface area (Å²) in [7, 11) is 0. The predicted octanol–water partition coefficient (Wildman–Crippen LogP) is 0.0763. The molecular formula is C13H15FO6. The number of ether oxygens (including phenoxy) is 2. The summed E-state index contributed by atoms with van der Waals surface area (Å²) in [6.45, 7) is -1.54. The van der Waals surface area contributed by atoms with Crippen LogP contribution in [0, 0.1) is 0 Å². The van der Waals surface area contributed by atoms with Gasteiger partial charge >= 0.3 is 5.97 Å². The molecule has 2 unspecified atom stereocenters. The third kappa shape index (κ3) is 4.60. The molecule has 7 heteroatoms. The summed E-state index contributed by atoms with van der Waals surface area (Å²) < 4.78 is 22.4. The van der Waals surface area contributed by atoms with Crippen LogP contribution in [-0.4, -0.2) is 54.2 Å². The number of hydrogen-bond donors (Lipinski definition) is 2. The number of hydrogen-bond acceptors (Lipinski definition) is 6. The van der Waals surface area contributed by atoms with Crippen molar-refractivity contribution in [1.29, 1.82) is 0 Å². The van der Waals surface area contributed by atoms with Gasteiger partial charge in [-0.3, -0.25) is 4.79 Å². The zero-order valence-corrected chi connectivity index (χ0v) is 10.5. The van der Waals surface area contributed by atoms with Crippen molar-refractivity contribution in [2.24, 2.45) is 0 Å².